The van der Waals surface area contributed by atoms with Crippen molar-refractivity contribution in [3.05, 3.63) is 0 Å². The molecule has 2 atom stereocenters. The highest BCUT2D eigenvalue weighted by Gasteiger charge is 2.48. The molecule has 0 aromatic carbocycles. The molecular formula is C10H17O6P. The smallest absolute Gasteiger partial charge is 0.344 e. The fraction of sp³-hybridized carbons (Fsp3) is 0.800. The minimum absolute atomic E-state index is 0.0580. The Hall–Kier alpha value is -0.710. The summed E-state index contributed by atoms with van der Waals surface area (Å²) in [6, 6.07) is 0. The number of carbonyl (C=O) groups is 2. The third-order valence-electron chi connectivity index (χ3n) is 3.02. The van der Waals surface area contributed by atoms with Gasteiger partial charge in [-0.1, -0.05) is 0 Å². The minimum atomic E-state index is -3.57. The van der Waals surface area contributed by atoms with Gasteiger partial charge in [-0.3, -0.25) is 14.2 Å². The first-order valence-corrected chi connectivity index (χ1v) is 6.90. The molecule has 1 saturated carbocycles. The molecule has 1 aliphatic carbocycles. The van der Waals surface area contributed by atoms with Crippen LogP contribution in [-0.2, 0) is 27.9 Å². The third kappa shape index (κ3) is 2.94. The highest BCUT2D eigenvalue weighted by molar-refractivity contribution is 7.55. The lowest BCUT2D eigenvalue weighted by molar-refractivity contribution is -0.141. The van der Waals surface area contributed by atoms with Crippen molar-refractivity contribution in [2.75, 3.05) is 21.3 Å². The Morgan fingerprint density at radius 1 is 1.35 bits per heavy atom. The maximum atomic E-state index is 12.3. The summed E-state index contributed by atoms with van der Waals surface area (Å²) in [5.41, 5.74) is -1.02. The third-order valence-corrected chi connectivity index (χ3v) is 5.35. The Labute approximate surface area is 100 Å². The van der Waals surface area contributed by atoms with E-state index in [0.717, 1.165) is 0 Å². The monoisotopic (exact) mass is 264 g/mol. The summed E-state index contributed by atoms with van der Waals surface area (Å²) in [6.45, 7) is 0. The SMILES string of the molecule is COC(=O)C(C1CCC(=O)C1)P(=O)(OC)OC. The number of esters is 1. The number of methoxy groups -OCH3 is 1. The molecule has 17 heavy (non-hydrogen) atoms. The van der Waals surface area contributed by atoms with Crippen LogP contribution in [0.1, 0.15) is 19.3 Å². The number of Topliss-reactive ketones (excluding diaryl/α,β-unsaturated/α-hetero) is 1. The number of hydrogen-bond acceptors (Lipinski definition) is 6. The van der Waals surface area contributed by atoms with Crippen LogP contribution in [0.2, 0.25) is 0 Å². The molecule has 0 bridgehead atoms. The first-order chi connectivity index (χ1) is 7.98. The van der Waals surface area contributed by atoms with Gasteiger partial charge in [-0.05, 0) is 12.3 Å². The lowest BCUT2D eigenvalue weighted by Gasteiger charge is -2.26. The van der Waals surface area contributed by atoms with E-state index in [-0.39, 0.29) is 18.1 Å². The molecule has 0 saturated heterocycles. The average Bonchev–Trinajstić information content (AvgIpc) is 2.75. The quantitative estimate of drug-likeness (QED) is 0.551. The first kappa shape index (κ1) is 14.4. The number of ketones is 1. The Morgan fingerprint density at radius 2 is 1.94 bits per heavy atom. The van der Waals surface area contributed by atoms with Crippen LogP contribution in [0.15, 0.2) is 0 Å². The van der Waals surface area contributed by atoms with Gasteiger partial charge in [-0.25, -0.2) is 0 Å². The van der Waals surface area contributed by atoms with Crippen molar-refractivity contribution < 1.29 is 27.9 Å². The molecular weight excluding hydrogens is 247 g/mol. The Morgan fingerprint density at radius 3 is 2.29 bits per heavy atom. The first-order valence-electron chi connectivity index (χ1n) is 5.29. The molecule has 98 valence electrons. The van der Waals surface area contributed by atoms with Crippen molar-refractivity contribution >= 4 is 19.3 Å². The lowest BCUT2D eigenvalue weighted by Crippen LogP contribution is -2.31. The van der Waals surface area contributed by atoms with E-state index in [9.17, 15) is 14.2 Å². The van der Waals surface area contributed by atoms with Crippen LogP contribution in [0.25, 0.3) is 0 Å². The summed E-state index contributed by atoms with van der Waals surface area (Å²) in [6.07, 6.45) is 1.12. The number of rotatable bonds is 5. The van der Waals surface area contributed by atoms with E-state index in [4.69, 9.17) is 9.05 Å². The van der Waals surface area contributed by atoms with Crippen LogP contribution in [0.3, 0.4) is 0 Å². The second-order valence-corrected chi connectivity index (χ2v) is 6.28. The zero-order valence-corrected chi connectivity index (χ0v) is 11.1. The highest BCUT2D eigenvalue weighted by Crippen LogP contribution is 2.56. The van der Waals surface area contributed by atoms with Gasteiger partial charge in [0.2, 0.25) is 0 Å². The summed E-state index contributed by atoms with van der Waals surface area (Å²) in [4.78, 5) is 23.0. The molecule has 0 amide bonds. The number of hydrogen-bond donors (Lipinski definition) is 0. The van der Waals surface area contributed by atoms with Gasteiger partial charge in [0.1, 0.15) is 5.78 Å². The van der Waals surface area contributed by atoms with Crippen molar-refractivity contribution in [3.8, 4) is 0 Å². The maximum Gasteiger partial charge on any atom is 0.344 e. The largest absolute Gasteiger partial charge is 0.468 e. The summed E-state index contributed by atoms with van der Waals surface area (Å²) < 4.78 is 26.6. The van der Waals surface area contributed by atoms with Crippen LogP contribution in [0.4, 0.5) is 0 Å². The molecule has 7 heteroatoms. The molecule has 0 heterocycles. The van der Waals surface area contributed by atoms with E-state index in [2.05, 4.69) is 4.74 Å². The van der Waals surface area contributed by atoms with Gasteiger partial charge < -0.3 is 13.8 Å². The van der Waals surface area contributed by atoms with E-state index in [1.807, 2.05) is 0 Å². The van der Waals surface area contributed by atoms with Gasteiger partial charge in [0, 0.05) is 27.1 Å². The standard InChI is InChI=1S/C10H17O6P/c1-14-10(12)9(17(13,15-2)16-3)7-4-5-8(11)6-7/h7,9H,4-6H2,1-3H3. The summed E-state index contributed by atoms with van der Waals surface area (Å²) in [7, 11) is 0.0822. The van der Waals surface area contributed by atoms with Gasteiger partial charge >= 0.3 is 13.6 Å². The predicted octanol–water partition coefficient (Wildman–Crippen LogP) is 1.38. The van der Waals surface area contributed by atoms with Gasteiger partial charge in [-0.2, -0.15) is 0 Å². The minimum Gasteiger partial charge on any atom is -0.468 e. The zero-order chi connectivity index (χ0) is 13.1. The van der Waals surface area contributed by atoms with E-state index >= 15 is 0 Å². The van der Waals surface area contributed by atoms with Crippen molar-refractivity contribution in [2.45, 2.75) is 24.9 Å². The van der Waals surface area contributed by atoms with E-state index in [1.165, 1.54) is 21.3 Å². The molecule has 0 aromatic rings. The van der Waals surface area contributed by atoms with Crippen molar-refractivity contribution in [1.29, 1.82) is 0 Å². The molecule has 6 nitrogen and oxygen atoms in total. The van der Waals surface area contributed by atoms with Crippen molar-refractivity contribution in [3.63, 3.8) is 0 Å². The van der Waals surface area contributed by atoms with Gasteiger partial charge in [0.05, 0.1) is 7.11 Å². The van der Waals surface area contributed by atoms with Gasteiger partial charge in [0.25, 0.3) is 0 Å². The van der Waals surface area contributed by atoms with Crippen LogP contribution in [0.5, 0.6) is 0 Å². The van der Waals surface area contributed by atoms with E-state index in [1.54, 1.807) is 0 Å². The highest BCUT2D eigenvalue weighted by atomic mass is 31.2. The fourth-order valence-corrected chi connectivity index (χ4v) is 3.85. The van der Waals surface area contributed by atoms with E-state index in [0.29, 0.717) is 12.8 Å². The molecule has 1 fully saturated rings. The maximum absolute atomic E-state index is 12.3. The van der Waals surface area contributed by atoms with Crippen LogP contribution in [-0.4, -0.2) is 38.7 Å². The summed E-state index contributed by atoms with van der Waals surface area (Å²) in [5, 5.41) is 0. The average molecular weight is 264 g/mol. The van der Waals surface area contributed by atoms with Crippen LogP contribution in [0, 0.1) is 5.92 Å². The second kappa shape index (κ2) is 5.76. The van der Waals surface area contributed by atoms with Gasteiger partial charge in [-0.15, -0.1) is 0 Å². The van der Waals surface area contributed by atoms with Crippen LogP contribution < -0.4 is 0 Å². The second-order valence-electron chi connectivity index (χ2n) is 3.91. The Kier molecular flexibility index (Phi) is 4.86. The predicted molar refractivity (Wildman–Crippen MR) is 59.8 cm³/mol. The summed E-state index contributed by atoms with van der Waals surface area (Å²) in [5.74, 6) is -0.930. The van der Waals surface area contributed by atoms with Crippen molar-refractivity contribution in [2.24, 2.45) is 5.92 Å². The Bertz CT molecular complexity index is 345. The molecule has 1 aliphatic rings. The van der Waals surface area contributed by atoms with E-state index < -0.39 is 19.2 Å². The molecule has 0 N–H and O–H groups in total. The van der Waals surface area contributed by atoms with Gasteiger partial charge in [0.15, 0.2) is 5.66 Å². The Balaban J connectivity index is 2.99. The molecule has 0 aliphatic heterocycles. The number of ether oxygens (including phenoxy) is 1. The fourth-order valence-electron chi connectivity index (χ4n) is 2.11. The number of carbonyl (C=O) groups excluding carboxylic acids is 2. The molecule has 0 spiro atoms. The lowest BCUT2D eigenvalue weighted by atomic mass is 10.0. The topological polar surface area (TPSA) is 78.9 Å². The molecule has 1 rings (SSSR count). The van der Waals surface area contributed by atoms with Crippen molar-refractivity contribution in [1.82, 2.24) is 0 Å². The molecule has 0 radical (unpaired) electrons. The molecule has 0 aromatic heterocycles. The normalized spacial score (nSPS) is 22.5. The summed E-state index contributed by atoms with van der Waals surface area (Å²) >= 11 is 0. The van der Waals surface area contributed by atoms with Crippen LogP contribution >= 0.6 is 7.60 Å². The zero-order valence-electron chi connectivity index (χ0n) is 10.2. The molecule has 2 unspecified atom stereocenters.